The molecule has 0 aromatic heterocycles. The molecule has 17 heavy (non-hydrogen) atoms. The van der Waals surface area contributed by atoms with Gasteiger partial charge in [-0.1, -0.05) is 12.1 Å². The van der Waals surface area contributed by atoms with Crippen LogP contribution in [0.4, 0.5) is 0 Å². The molecule has 1 fully saturated rings. The van der Waals surface area contributed by atoms with Crippen LogP contribution >= 0.6 is 0 Å². The largest absolute Gasteiger partial charge is 0.355 e. The third-order valence-corrected chi connectivity index (χ3v) is 3.76. The molecule has 1 aliphatic heterocycles. The zero-order chi connectivity index (χ0) is 11.8. The van der Waals surface area contributed by atoms with Crippen molar-refractivity contribution in [3.8, 4) is 0 Å². The Morgan fingerprint density at radius 2 is 2.29 bits per heavy atom. The van der Waals surface area contributed by atoms with Crippen LogP contribution in [-0.4, -0.2) is 25.3 Å². The fourth-order valence-electron chi connectivity index (χ4n) is 2.79. The number of ketones is 1. The molecule has 0 spiro atoms. The summed E-state index contributed by atoms with van der Waals surface area (Å²) < 4.78 is 11.0. The van der Waals surface area contributed by atoms with Crippen LogP contribution in [0.2, 0.25) is 0 Å². The number of carbonyl (C=O) groups is 1. The molecular weight excluding hydrogens is 216 g/mol. The summed E-state index contributed by atoms with van der Waals surface area (Å²) in [5, 5.41) is 0. The average molecular weight is 232 g/mol. The third-order valence-electron chi connectivity index (χ3n) is 3.76. The van der Waals surface area contributed by atoms with Crippen LogP contribution < -0.4 is 0 Å². The van der Waals surface area contributed by atoms with Gasteiger partial charge in [0.1, 0.15) is 6.79 Å². The topological polar surface area (TPSA) is 35.5 Å². The van der Waals surface area contributed by atoms with Crippen molar-refractivity contribution in [2.75, 3.05) is 13.4 Å². The number of hydrogen-bond donors (Lipinski definition) is 0. The van der Waals surface area contributed by atoms with E-state index in [1.54, 1.807) is 6.92 Å². The predicted molar refractivity (Wildman–Crippen MR) is 63.2 cm³/mol. The number of Topliss-reactive ketones (excluding diaryl/α,β-unsaturated/α-hetero) is 1. The van der Waals surface area contributed by atoms with Crippen molar-refractivity contribution < 1.29 is 14.3 Å². The maximum absolute atomic E-state index is 11.4. The normalized spacial score (nSPS) is 27.1. The summed E-state index contributed by atoms with van der Waals surface area (Å²) in [5.41, 5.74) is 3.37. The standard InChI is InChI=1S/C14H16O3/c1-9(15)11-3-2-10-4-5-14-13(12(10)6-11)7-16-8-17-14/h2-3,6,13-14H,4-5,7-8H2,1H3. The summed E-state index contributed by atoms with van der Waals surface area (Å²) in [6.07, 6.45) is 2.35. The minimum Gasteiger partial charge on any atom is -0.355 e. The van der Waals surface area contributed by atoms with E-state index in [9.17, 15) is 4.79 Å². The highest BCUT2D eigenvalue weighted by Gasteiger charge is 2.33. The van der Waals surface area contributed by atoms with E-state index >= 15 is 0 Å². The molecule has 0 bridgehead atoms. The summed E-state index contributed by atoms with van der Waals surface area (Å²) in [4.78, 5) is 11.4. The van der Waals surface area contributed by atoms with Crippen LogP contribution in [0.5, 0.6) is 0 Å². The second-order valence-corrected chi connectivity index (χ2v) is 4.81. The summed E-state index contributed by atoms with van der Waals surface area (Å²) in [6.45, 7) is 2.72. The van der Waals surface area contributed by atoms with E-state index < -0.39 is 0 Å². The summed E-state index contributed by atoms with van der Waals surface area (Å²) in [6, 6.07) is 6.02. The molecule has 3 heteroatoms. The SMILES string of the molecule is CC(=O)c1ccc2c(c1)C1COCOC1CC2. The molecule has 2 aliphatic rings. The van der Waals surface area contributed by atoms with E-state index in [0.29, 0.717) is 19.3 Å². The number of carbonyl (C=O) groups excluding carboxylic acids is 1. The third kappa shape index (κ3) is 1.90. The van der Waals surface area contributed by atoms with Gasteiger partial charge in [0.15, 0.2) is 5.78 Å². The number of ether oxygens (including phenoxy) is 2. The lowest BCUT2D eigenvalue weighted by atomic mass is 9.80. The van der Waals surface area contributed by atoms with Crippen molar-refractivity contribution >= 4 is 5.78 Å². The molecule has 3 rings (SSSR count). The van der Waals surface area contributed by atoms with E-state index in [4.69, 9.17) is 9.47 Å². The van der Waals surface area contributed by atoms with Gasteiger partial charge in [0.25, 0.3) is 0 Å². The van der Waals surface area contributed by atoms with Crippen molar-refractivity contribution in [3.05, 3.63) is 34.9 Å². The first-order valence-corrected chi connectivity index (χ1v) is 6.09. The van der Waals surface area contributed by atoms with Gasteiger partial charge in [-0.15, -0.1) is 0 Å². The Morgan fingerprint density at radius 3 is 3.12 bits per heavy atom. The molecule has 1 aliphatic carbocycles. The van der Waals surface area contributed by atoms with E-state index in [2.05, 4.69) is 6.07 Å². The number of hydrogen-bond acceptors (Lipinski definition) is 3. The van der Waals surface area contributed by atoms with Crippen molar-refractivity contribution in [3.63, 3.8) is 0 Å². The van der Waals surface area contributed by atoms with Gasteiger partial charge in [0.2, 0.25) is 0 Å². The second-order valence-electron chi connectivity index (χ2n) is 4.81. The van der Waals surface area contributed by atoms with Crippen LogP contribution in [0, 0.1) is 0 Å². The fraction of sp³-hybridized carbons (Fsp3) is 0.500. The van der Waals surface area contributed by atoms with E-state index in [-0.39, 0.29) is 11.9 Å². The quantitative estimate of drug-likeness (QED) is 0.697. The van der Waals surface area contributed by atoms with Gasteiger partial charge >= 0.3 is 0 Å². The molecule has 2 atom stereocenters. The van der Waals surface area contributed by atoms with Gasteiger partial charge in [-0.05, 0) is 37.0 Å². The van der Waals surface area contributed by atoms with Crippen molar-refractivity contribution in [2.45, 2.75) is 31.8 Å². The van der Waals surface area contributed by atoms with Gasteiger partial charge < -0.3 is 9.47 Å². The van der Waals surface area contributed by atoms with Crippen LogP contribution in [0.25, 0.3) is 0 Å². The van der Waals surface area contributed by atoms with Gasteiger partial charge in [-0.2, -0.15) is 0 Å². The highest BCUT2D eigenvalue weighted by molar-refractivity contribution is 5.94. The highest BCUT2D eigenvalue weighted by atomic mass is 16.7. The molecule has 2 unspecified atom stereocenters. The molecule has 90 valence electrons. The van der Waals surface area contributed by atoms with Crippen molar-refractivity contribution in [2.24, 2.45) is 0 Å². The van der Waals surface area contributed by atoms with Crippen molar-refractivity contribution in [1.82, 2.24) is 0 Å². The Morgan fingerprint density at radius 1 is 1.41 bits per heavy atom. The zero-order valence-electron chi connectivity index (χ0n) is 9.94. The Bertz CT molecular complexity index is 453. The van der Waals surface area contributed by atoms with Gasteiger partial charge in [-0.25, -0.2) is 0 Å². The van der Waals surface area contributed by atoms with Crippen LogP contribution in [0.15, 0.2) is 18.2 Å². The Labute approximate surface area is 101 Å². The fourth-order valence-corrected chi connectivity index (χ4v) is 2.79. The monoisotopic (exact) mass is 232 g/mol. The second kappa shape index (κ2) is 4.24. The molecular formula is C14H16O3. The first kappa shape index (κ1) is 10.9. The number of fused-ring (bicyclic) bond motifs is 3. The molecule has 1 aromatic carbocycles. The Hall–Kier alpha value is -1.19. The maximum Gasteiger partial charge on any atom is 0.159 e. The first-order valence-electron chi connectivity index (χ1n) is 6.09. The molecule has 3 nitrogen and oxygen atoms in total. The predicted octanol–water partition coefficient (Wildman–Crippen LogP) is 2.29. The lowest BCUT2D eigenvalue weighted by Crippen LogP contribution is -2.36. The molecule has 0 saturated carbocycles. The van der Waals surface area contributed by atoms with E-state index in [1.165, 1.54) is 11.1 Å². The summed E-state index contributed by atoms with van der Waals surface area (Å²) >= 11 is 0. The van der Waals surface area contributed by atoms with E-state index in [0.717, 1.165) is 18.4 Å². The smallest absolute Gasteiger partial charge is 0.159 e. The maximum atomic E-state index is 11.4. The van der Waals surface area contributed by atoms with Crippen LogP contribution in [-0.2, 0) is 15.9 Å². The number of aryl methyl sites for hydroxylation is 1. The van der Waals surface area contributed by atoms with E-state index in [1.807, 2.05) is 12.1 Å². The lowest BCUT2D eigenvalue weighted by molar-refractivity contribution is -0.155. The van der Waals surface area contributed by atoms with Crippen LogP contribution in [0.1, 0.15) is 40.7 Å². The molecule has 1 saturated heterocycles. The Kier molecular flexibility index (Phi) is 2.73. The first-order chi connectivity index (χ1) is 8.25. The van der Waals surface area contributed by atoms with Gasteiger partial charge in [0.05, 0.1) is 12.7 Å². The molecule has 0 amide bonds. The van der Waals surface area contributed by atoms with Crippen molar-refractivity contribution in [1.29, 1.82) is 0 Å². The summed E-state index contributed by atoms with van der Waals surface area (Å²) in [7, 11) is 0. The molecule has 0 radical (unpaired) electrons. The average Bonchev–Trinajstić information content (AvgIpc) is 2.38. The van der Waals surface area contributed by atoms with Gasteiger partial charge in [0, 0.05) is 11.5 Å². The molecule has 0 N–H and O–H groups in total. The minimum atomic E-state index is 0.118. The number of rotatable bonds is 1. The zero-order valence-corrected chi connectivity index (χ0v) is 9.94. The van der Waals surface area contributed by atoms with Gasteiger partial charge in [-0.3, -0.25) is 4.79 Å². The summed E-state index contributed by atoms with van der Waals surface area (Å²) in [5.74, 6) is 0.416. The van der Waals surface area contributed by atoms with Crippen LogP contribution in [0.3, 0.4) is 0 Å². The Balaban J connectivity index is 2.01. The highest BCUT2D eigenvalue weighted by Crippen LogP contribution is 2.36. The minimum absolute atomic E-state index is 0.118. The molecule has 1 heterocycles. The molecule has 1 aromatic rings. The number of benzene rings is 1. The lowest BCUT2D eigenvalue weighted by Gasteiger charge is -2.36.